The highest BCUT2D eigenvalue weighted by molar-refractivity contribution is 7.12. The van der Waals surface area contributed by atoms with Gasteiger partial charge in [-0.1, -0.05) is 24.3 Å². The average Bonchev–Trinajstić information content (AvgIpc) is 3.34. The van der Waals surface area contributed by atoms with Crippen LogP contribution in [0.3, 0.4) is 0 Å². The second-order valence-electron chi connectivity index (χ2n) is 8.63. The summed E-state index contributed by atoms with van der Waals surface area (Å²) in [6.45, 7) is 6.96. The van der Waals surface area contributed by atoms with Crippen molar-refractivity contribution in [1.29, 1.82) is 0 Å². The number of hydrogen-bond acceptors (Lipinski definition) is 5. The summed E-state index contributed by atoms with van der Waals surface area (Å²) in [5, 5.41) is 5.22. The van der Waals surface area contributed by atoms with Crippen LogP contribution >= 0.6 is 11.3 Å². The zero-order valence-electron chi connectivity index (χ0n) is 18.7. The molecule has 0 unspecified atom stereocenters. The second kappa shape index (κ2) is 10.7. The topological polar surface area (TPSA) is 54.5 Å². The molecule has 1 aliphatic heterocycles. The maximum absolute atomic E-state index is 12.9. The van der Waals surface area contributed by atoms with Crippen molar-refractivity contribution >= 4 is 17.2 Å². The van der Waals surface area contributed by atoms with E-state index in [0.29, 0.717) is 5.92 Å². The van der Waals surface area contributed by atoms with Crippen LogP contribution in [0.1, 0.15) is 53.7 Å². The van der Waals surface area contributed by atoms with Gasteiger partial charge < -0.3 is 10.1 Å². The summed E-state index contributed by atoms with van der Waals surface area (Å²) in [7, 11) is 0. The number of amides is 1. The fourth-order valence-electron chi connectivity index (χ4n) is 4.32. The van der Waals surface area contributed by atoms with Gasteiger partial charge in [0.15, 0.2) is 0 Å². The maximum Gasteiger partial charge on any atom is 0.261 e. The number of nitrogens with one attached hydrogen (secondary N) is 1. The molecular weight excluding hydrogens is 418 g/mol. The van der Waals surface area contributed by atoms with Gasteiger partial charge in [-0.2, -0.15) is 0 Å². The molecule has 4 rings (SSSR count). The third-order valence-electron chi connectivity index (χ3n) is 5.75. The molecule has 3 aromatic rings. The van der Waals surface area contributed by atoms with Crippen LogP contribution in [-0.4, -0.2) is 35.0 Å². The lowest BCUT2D eigenvalue weighted by Gasteiger charge is -2.37. The molecule has 32 heavy (non-hydrogen) atoms. The predicted octanol–water partition coefficient (Wildman–Crippen LogP) is 5.31. The quantitative estimate of drug-likeness (QED) is 0.506. The van der Waals surface area contributed by atoms with Crippen molar-refractivity contribution in [3.63, 3.8) is 0 Å². The number of carbonyl (C=O) groups excluding carboxylic acids is 1. The van der Waals surface area contributed by atoms with Gasteiger partial charge in [0.2, 0.25) is 0 Å². The van der Waals surface area contributed by atoms with Crippen molar-refractivity contribution < 1.29 is 9.53 Å². The van der Waals surface area contributed by atoms with E-state index in [2.05, 4.69) is 39.5 Å². The van der Waals surface area contributed by atoms with Crippen molar-refractivity contribution in [2.45, 2.75) is 45.4 Å². The van der Waals surface area contributed by atoms with E-state index in [-0.39, 0.29) is 18.1 Å². The Morgan fingerprint density at radius 3 is 2.72 bits per heavy atom. The summed E-state index contributed by atoms with van der Waals surface area (Å²) in [6.07, 6.45) is 4.17. The van der Waals surface area contributed by atoms with Crippen molar-refractivity contribution in [3.05, 3.63) is 82.3 Å². The molecule has 1 N–H and O–H groups in total. The van der Waals surface area contributed by atoms with Crippen LogP contribution in [0.4, 0.5) is 0 Å². The molecule has 1 saturated heterocycles. The minimum atomic E-state index is -0.101. The van der Waals surface area contributed by atoms with Gasteiger partial charge in [-0.05, 0) is 80.4 Å². The highest BCUT2D eigenvalue weighted by Crippen LogP contribution is 2.30. The molecule has 5 nitrogen and oxygen atoms in total. The Morgan fingerprint density at radius 2 is 2.03 bits per heavy atom. The Labute approximate surface area is 194 Å². The van der Waals surface area contributed by atoms with Crippen LogP contribution in [0.5, 0.6) is 5.75 Å². The number of nitrogens with zero attached hydrogens (tertiary/aromatic N) is 2. The Morgan fingerprint density at radius 1 is 1.19 bits per heavy atom. The van der Waals surface area contributed by atoms with Crippen LogP contribution in [0.15, 0.2) is 66.2 Å². The van der Waals surface area contributed by atoms with Crippen LogP contribution in [0.2, 0.25) is 0 Å². The van der Waals surface area contributed by atoms with Gasteiger partial charge in [-0.15, -0.1) is 11.3 Å². The van der Waals surface area contributed by atoms with Gasteiger partial charge in [-0.3, -0.25) is 14.7 Å². The van der Waals surface area contributed by atoms with Gasteiger partial charge in [0, 0.05) is 19.3 Å². The molecule has 1 amide bonds. The van der Waals surface area contributed by atoms with E-state index in [9.17, 15) is 4.79 Å². The highest BCUT2D eigenvalue weighted by Gasteiger charge is 2.30. The number of likely N-dealkylation sites (tertiary alicyclic amines) is 1. The third-order valence-corrected chi connectivity index (χ3v) is 6.62. The van der Waals surface area contributed by atoms with Crippen LogP contribution in [-0.2, 0) is 6.54 Å². The van der Waals surface area contributed by atoms with E-state index in [0.717, 1.165) is 48.8 Å². The van der Waals surface area contributed by atoms with Crippen LogP contribution in [0.25, 0.3) is 0 Å². The Hall–Kier alpha value is -2.70. The first kappa shape index (κ1) is 22.5. The molecule has 168 valence electrons. The number of carbonyl (C=O) groups is 1. The summed E-state index contributed by atoms with van der Waals surface area (Å²) in [6, 6.07) is 18.0. The normalized spacial score (nSPS) is 17.8. The number of hydrogen-bond donors (Lipinski definition) is 1. The van der Waals surface area contributed by atoms with Crippen molar-refractivity contribution in [2.24, 2.45) is 5.92 Å². The second-order valence-corrected chi connectivity index (χ2v) is 9.58. The van der Waals surface area contributed by atoms with Gasteiger partial charge in [0.25, 0.3) is 5.91 Å². The van der Waals surface area contributed by atoms with Crippen molar-refractivity contribution in [1.82, 2.24) is 15.2 Å². The fraction of sp³-hybridized carbons (Fsp3) is 0.385. The zero-order chi connectivity index (χ0) is 22.3. The summed E-state index contributed by atoms with van der Waals surface area (Å²) >= 11 is 1.47. The molecule has 0 bridgehead atoms. The van der Waals surface area contributed by atoms with E-state index in [4.69, 9.17) is 4.74 Å². The molecule has 2 aromatic heterocycles. The molecule has 2 atom stereocenters. The first-order valence-electron chi connectivity index (χ1n) is 11.3. The van der Waals surface area contributed by atoms with Gasteiger partial charge in [0.05, 0.1) is 22.7 Å². The van der Waals surface area contributed by atoms with Gasteiger partial charge in [-0.25, -0.2) is 0 Å². The standard InChI is InChI=1S/C26H31N3O2S/c1-19(2)31-22-12-10-20(11-13-22)17-29-15-5-7-21(18-29)25(23-8-3-4-14-27-23)28-26(30)24-9-6-16-32-24/h3-4,6,8-14,16,19,21,25H,5,7,15,17-18H2,1-2H3,(H,28,30)/t21-,25+/m1/s1. The smallest absolute Gasteiger partial charge is 0.261 e. The highest BCUT2D eigenvalue weighted by atomic mass is 32.1. The first-order chi connectivity index (χ1) is 15.6. The molecule has 1 aromatic carbocycles. The van der Waals surface area contributed by atoms with Crippen LogP contribution in [0, 0.1) is 5.92 Å². The van der Waals surface area contributed by atoms with E-state index >= 15 is 0 Å². The Bertz CT molecular complexity index is 974. The summed E-state index contributed by atoms with van der Waals surface area (Å²) in [4.78, 5) is 20.7. The Kier molecular flexibility index (Phi) is 7.55. The fourth-order valence-corrected chi connectivity index (χ4v) is 4.95. The molecule has 3 heterocycles. The van der Waals surface area contributed by atoms with E-state index < -0.39 is 0 Å². The zero-order valence-corrected chi connectivity index (χ0v) is 19.6. The number of ether oxygens (including phenoxy) is 1. The molecule has 0 spiro atoms. The number of thiophene rings is 1. The van der Waals surface area contributed by atoms with E-state index in [1.807, 2.05) is 49.6 Å². The lowest BCUT2D eigenvalue weighted by molar-refractivity contribution is 0.0879. The van der Waals surface area contributed by atoms with Crippen molar-refractivity contribution in [2.75, 3.05) is 13.1 Å². The molecule has 1 fully saturated rings. The van der Waals surface area contributed by atoms with Gasteiger partial charge in [0.1, 0.15) is 5.75 Å². The monoisotopic (exact) mass is 449 g/mol. The maximum atomic E-state index is 12.9. The number of benzene rings is 1. The average molecular weight is 450 g/mol. The largest absolute Gasteiger partial charge is 0.491 e. The van der Waals surface area contributed by atoms with Crippen molar-refractivity contribution in [3.8, 4) is 5.75 Å². The molecule has 1 aliphatic rings. The first-order valence-corrected chi connectivity index (χ1v) is 12.2. The molecule has 6 heteroatoms. The van der Waals surface area contributed by atoms with E-state index in [1.54, 1.807) is 6.20 Å². The summed E-state index contributed by atoms with van der Waals surface area (Å²) < 4.78 is 5.76. The molecule has 0 radical (unpaired) electrons. The molecule has 0 saturated carbocycles. The third kappa shape index (κ3) is 5.96. The minimum absolute atomic E-state index is 0.0199. The van der Waals surface area contributed by atoms with Crippen LogP contribution < -0.4 is 10.1 Å². The SMILES string of the molecule is CC(C)Oc1ccc(CN2CCC[C@@H]([C@H](NC(=O)c3cccs3)c3ccccn3)C2)cc1. The molecule has 0 aliphatic carbocycles. The Balaban J connectivity index is 1.45. The lowest BCUT2D eigenvalue weighted by Crippen LogP contribution is -2.42. The minimum Gasteiger partial charge on any atom is -0.491 e. The van der Waals surface area contributed by atoms with E-state index in [1.165, 1.54) is 16.9 Å². The number of rotatable bonds is 8. The summed E-state index contributed by atoms with van der Waals surface area (Å²) in [5.74, 6) is 1.20. The lowest BCUT2D eigenvalue weighted by atomic mass is 9.88. The predicted molar refractivity (Wildman–Crippen MR) is 129 cm³/mol. The van der Waals surface area contributed by atoms with Gasteiger partial charge >= 0.3 is 0 Å². The molecular formula is C26H31N3O2S. The number of piperidine rings is 1. The number of aromatic nitrogens is 1. The summed E-state index contributed by atoms with van der Waals surface area (Å²) in [5.41, 5.74) is 2.21. The number of pyridine rings is 1.